The zero-order valence-electron chi connectivity index (χ0n) is 15.0. The minimum atomic E-state index is -0.239. The minimum Gasteiger partial charge on any atom is -0.459 e. The van der Waals surface area contributed by atoms with E-state index in [0.717, 1.165) is 16.9 Å². The van der Waals surface area contributed by atoms with E-state index in [4.69, 9.17) is 4.42 Å². The van der Waals surface area contributed by atoms with Crippen molar-refractivity contribution in [1.82, 2.24) is 20.2 Å². The number of imidazole rings is 1. The van der Waals surface area contributed by atoms with Crippen LogP contribution in [0.5, 0.6) is 0 Å². The lowest BCUT2D eigenvalue weighted by Crippen LogP contribution is -2.28. The van der Waals surface area contributed by atoms with Crippen molar-refractivity contribution in [2.45, 2.75) is 19.4 Å². The number of nitrogens with zero attached hydrogens (tertiary/aromatic N) is 2. The zero-order valence-corrected chi connectivity index (χ0v) is 15.0. The predicted octanol–water partition coefficient (Wildman–Crippen LogP) is 2.29. The largest absolute Gasteiger partial charge is 0.459 e. The number of aromatic nitrogens is 2. The number of carbonyl (C=O) groups is 2. The molecular weight excluding hydrogens is 344 g/mol. The standard InChI is InChI=1S/C20H22N4O3/c1-2-11-21-19(25)14-24-16-8-4-3-7-15(16)23-18(24)10-5-12-22-20(26)17-9-6-13-27-17/h2-4,6-9,13H,1,5,10-12,14H2,(H,21,25)(H,22,26). The average Bonchev–Trinajstić information content (AvgIpc) is 3.32. The first-order valence-electron chi connectivity index (χ1n) is 8.82. The second-order valence-electron chi connectivity index (χ2n) is 6.03. The van der Waals surface area contributed by atoms with Gasteiger partial charge in [-0.25, -0.2) is 4.98 Å². The fourth-order valence-corrected chi connectivity index (χ4v) is 2.82. The highest BCUT2D eigenvalue weighted by atomic mass is 16.3. The van der Waals surface area contributed by atoms with Crippen molar-refractivity contribution < 1.29 is 14.0 Å². The molecule has 7 nitrogen and oxygen atoms in total. The highest BCUT2D eigenvalue weighted by molar-refractivity contribution is 5.91. The van der Waals surface area contributed by atoms with Gasteiger partial charge in [0.1, 0.15) is 12.4 Å². The number of fused-ring (bicyclic) bond motifs is 1. The molecule has 7 heteroatoms. The molecule has 0 saturated carbocycles. The van der Waals surface area contributed by atoms with Gasteiger partial charge >= 0.3 is 0 Å². The molecule has 0 fully saturated rings. The molecule has 27 heavy (non-hydrogen) atoms. The van der Waals surface area contributed by atoms with Gasteiger partial charge in [0.25, 0.3) is 5.91 Å². The maximum absolute atomic E-state index is 12.1. The van der Waals surface area contributed by atoms with Crippen LogP contribution in [-0.2, 0) is 17.8 Å². The number of amides is 2. The number of furan rings is 1. The maximum atomic E-state index is 12.1. The van der Waals surface area contributed by atoms with Crippen molar-refractivity contribution in [3.05, 3.63) is 66.9 Å². The number of para-hydroxylation sites is 2. The average molecular weight is 366 g/mol. The van der Waals surface area contributed by atoms with Gasteiger partial charge in [0.2, 0.25) is 5.91 Å². The summed E-state index contributed by atoms with van der Waals surface area (Å²) in [4.78, 5) is 28.7. The van der Waals surface area contributed by atoms with Crippen LogP contribution in [0.15, 0.2) is 59.7 Å². The van der Waals surface area contributed by atoms with E-state index in [2.05, 4.69) is 22.2 Å². The predicted molar refractivity (Wildman–Crippen MR) is 102 cm³/mol. The van der Waals surface area contributed by atoms with Crippen molar-refractivity contribution in [3.8, 4) is 0 Å². The highest BCUT2D eigenvalue weighted by Gasteiger charge is 2.13. The van der Waals surface area contributed by atoms with E-state index < -0.39 is 0 Å². The van der Waals surface area contributed by atoms with Gasteiger partial charge in [0.05, 0.1) is 17.3 Å². The summed E-state index contributed by atoms with van der Waals surface area (Å²) in [7, 11) is 0. The summed E-state index contributed by atoms with van der Waals surface area (Å²) in [6, 6.07) is 11.0. The first-order valence-corrected chi connectivity index (χ1v) is 8.82. The lowest BCUT2D eigenvalue weighted by atomic mass is 10.3. The number of aryl methyl sites for hydroxylation is 1. The van der Waals surface area contributed by atoms with Crippen LogP contribution in [-0.4, -0.2) is 34.5 Å². The van der Waals surface area contributed by atoms with Crippen LogP contribution < -0.4 is 10.6 Å². The summed E-state index contributed by atoms with van der Waals surface area (Å²) in [5, 5.41) is 5.60. The molecule has 0 spiro atoms. The van der Waals surface area contributed by atoms with Gasteiger partial charge in [0, 0.05) is 19.5 Å². The molecule has 2 heterocycles. The Morgan fingerprint density at radius 1 is 1.19 bits per heavy atom. The number of nitrogens with one attached hydrogen (secondary N) is 2. The summed E-state index contributed by atoms with van der Waals surface area (Å²) in [6.45, 7) is 4.72. The third kappa shape index (κ3) is 4.63. The van der Waals surface area contributed by atoms with Gasteiger partial charge in [-0.15, -0.1) is 6.58 Å². The summed E-state index contributed by atoms with van der Waals surface area (Å²) in [5.41, 5.74) is 1.77. The third-order valence-electron chi connectivity index (χ3n) is 4.09. The molecule has 0 radical (unpaired) electrons. The van der Waals surface area contributed by atoms with Crippen LogP contribution in [0.4, 0.5) is 0 Å². The molecular formula is C20H22N4O3. The number of carbonyl (C=O) groups excluding carboxylic acids is 2. The molecule has 0 aliphatic carbocycles. The fourth-order valence-electron chi connectivity index (χ4n) is 2.82. The van der Waals surface area contributed by atoms with Crippen LogP contribution in [0.25, 0.3) is 11.0 Å². The van der Waals surface area contributed by atoms with E-state index in [-0.39, 0.29) is 18.4 Å². The van der Waals surface area contributed by atoms with Crippen molar-refractivity contribution in [2.75, 3.05) is 13.1 Å². The smallest absolute Gasteiger partial charge is 0.286 e. The molecule has 0 bridgehead atoms. The number of hydrogen-bond donors (Lipinski definition) is 2. The first kappa shape index (κ1) is 18.4. The van der Waals surface area contributed by atoms with Crippen molar-refractivity contribution in [2.24, 2.45) is 0 Å². The third-order valence-corrected chi connectivity index (χ3v) is 4.09. The summed E-state index contributed by atoms with van der Waals surface area (Å²) in [5.74, 6) is 0.779. The van der Waals surface area contributed by atoms with Gasteiger partial charge in [-0.1, -0.05) is 18.2 Å². The topological polar surface area (TPSA) is 89.2 Å². The Hall–Kier alpha value is -3.35. The Morgan fingerprint density at radius 2 is 2.04 bits per heavy atom. The van der Waals surface area contributed by atoms with Crippen molar-refractivity contribution >= 4 is 22.8 Å². The van der Waals surface area contributed by atoms with Crippen LogP contribution in [0.2, 0.25) is 0 Å². The fraction of sp³-hybridized carbons (Fsp3) is 0.250. The van der Waals surface area contributed by atoms with Gasteiger partial charge < -0.3 is 19.6 Å². The molecule has 0 aliphatic rings. The highest BCUT2D eigenvalue weighted by Crippen LogP contribution is 2.17. The van der Waals surface area contributed by atoms with E-state index >= 15 is 0 Å². The molecule has 1 aromatic carbocycles. The van der Waals surface area contributed by atoms with Crippen molar-refractivity contribution in [1.29, 1.82) is 0 Å². The monoisotopic (exact) mass is 366 g/mol. The van der Waals surface area contributed by atoms with Crippen molar-refractivity contribution in [3.63, 3.8) is 0 Å². The lowest BCUT2D eigenvalue weighted by molar-refractivity contribution is -0.121. The van der Waals surface area contributed by atoms with E-state index in [0.29, 0.717) is 31.7 Å². The Morgan fingerprint density at radius 3 is 2.81 bits per heavy atom. The van der Waals surface area contributed by atoms with Crippen LogP contribution in [0, 0.1) is 0 Å². The van der Waals surface area contributed by atoms with E-state index in [1.165, 1.54) is 6.26 Å². The molecule has 2 N–H and O–H groups in total. The van der Waals surface area contributed by atoms with E-state index in [1.54, 1.807) is 18.2 Å². The quantitative estimate of drug-likeness (QED) is 0.449. The first-order chi connectivity index (χ1) is 13.2. The maximum Gasteiger partial charge on any atom is 0.286 e. The Bertz CT molecular complexity index is 928. The number of rotatable bonds is 9. The normalized spacial score (nSPS) is 10.7. The molecule has 0 unspecified atom stereocenters. The minimum absolute atomic E-state index is 0.0922. The van der Waals surface area contributed by atoms with E-state index in [1.807, 2.05) is 28.8 Å². The second kappa shape index (κ2) is 8.84. The van der Waals surface area contributed by atoms with Gasteiger partial charge in [0.15, 0.2) is 5.76 Å². The molecule has 0 saturated heterocycles. The molecule has 2 amide bonds. The second-order valence-corrected chi connectivity index (χ2v) is 6.03. The number of benzene rings is 1. The van der Waals surface area contributed by atoms with Gasteiger partial charge in [-0.3, -0.25) is 9.59 Å². The van der Waals surface area contributed by atoms with Crippen LogP contribution in [0.3, 0.4) is 0 Å². The summed E-state index contributed by atoms with van der Waals surface area (Å²) in [6.07, 6.45) is 4.45. The molecule has 0 atom stereocenters. The molecule has 2 aromatic heterocycles. The Balaban J connectivity index is 1.64. The van der Waals surface area contributed by atoms with Gasteiger partial charge in [-0.05, 0) is 30.7 Å². The van der Waals surface area contributed by atoms with Crippen LogP contribution in [0.1, 0.15) is 22.8 Å². The Kier molecular flexibility index (Phi) is 6.04. The summed E-state index contributed by atoms with van der Waals surface area (Å²) >= 11 is 0. The van der Waals surface area contributed by atoms with E-state index in [9.17, 15) is 9.59 Å². The molecule has 0 aliphatic heterocycles. The summed E-state index contributed by atoms with van der Waals surface area (Å²) < 4.78 is 6.98. The SMILES string of the molecule is C=CCNC(=O)Cn1c(CCCNC(=O)c2ccco2)nc2ccccc21. The number of hydrogen-bond acceptors (Lipinski definition) is 4. The molecule has 3 aromatic rings. The Labute approximate surface area is 157 Å². The van der Waals surface area contributed by atoms with Gasteiger partial charge in [-0.2, -0.15) is 0 Å². The zero-order chi connectivity index (χ0) is 19.1. The molecule has 3 rings (SSSR count). The van der Waals surface area contributed by atoms with Crippen LogP contribution >= 0.6 is 0 Å². The lowest BCUT2D eigenvalue weighted by Gasteiger charge is -2.09. The molecule has 140 valence electrons.